The predicted molar refractivity (Wildman–Crippen MR) is 68.6 cm³/mol. The van der Waals surface area contributed by atoms with E-state index >= 15 is 0 Å². The molecule has 2 aromatic rings. The molecule has 3 rings (SSSR count). The molecule has 20 heavy (non-hydrogen) atoms. The van der Waals surface area contributed by atoms with Crippen molar-refractivity contribution in [3.8, 4) is 11.5 Å². The molecular formula is C12H11N3O5. The normalized spacial score (nSPS) is 11.6. The van der Waals surface area contributed by atoms with Crippen LogP contribution in [0.1, 0.15) is 10.4 Å². The number of hydrogen-bond donors (Lipinski definition) is 3. The van der Waals surface area contributed by atoms with Crippen LogP contribution in [-0.2, 0) is 0 Å². The summed E-state index contributed by atoms with van der Waals surface area (Å²) < 4.78 is 10.4. The first-order valence-electron chi connectivity index (χ1n) is 5.45. The molecule has 0 spiro atoms. The van der Waals surface area contributed by atoms with Crippen molar-refractivity contribution >= 4 is 22.9 Å². The molecule has 8 heteroatoms. The largest absolute Gasteiger partial charge is 0.478 e. The number of hydrogen-bond acceptors (Lipinski definition) is 5. The van der Waals surface area contributed by atoms with E-state index in [2.05, 4.69) is 16.5 Å². The van der Waals surface area contributed by atoms with Gasteiger partial charge in [-0.05, 0) is 12.1 Å². The van der Waals surface area contributed by atoms with Crippen molar-refractivity contribution in [2.24, 2.45) is 11.5 Å². The van der Waals surface area contributed by atoms with Gasteiger partial charge in [-0.15, -0.1) is 0 Å². The molecule has 0 saturated carbocycles. The van der Waals surface area contributed by atoms with Crippen LogP contribution < -0.4 is 20.9 Å². The van der Waals surface area contributed by atoms with E-state index in [0.29, 0.717) is 17.0 Å². The van der Waals surface area contributed by atoms with Gasteiger partial charge in [-0.3, -0.25) is 4.98 Å². The molecule has 0 atom stereocenters. The zero-order valence-electron chi connectivity index (χ0n) is 10.2. The molecule has 0 radical (unpaired) electrons. The van der Waals surface area contributed by atoms with Gasteiger partial charge in [-0.2, -0.15) is 0 Å². The maximum atomic E-state index is 10.8. The van der Waals surface area contributed by atoms with Crippen molar-refractivity contribution in [3.63, 3.8) is 0 Å². The van der Waals surface area contributed by atoms with Crippen LogP contribution in [0.3, 0.4) is 0 Å². The number of rotatable bonds is 1. The minimum absolute atomic E-state index is 0.159. The van der Waals surface area contributed by atoms with E-state index in [-0.39, 0.29) is 12.4 Å². The Morgan fingerprint density at radius 1 is 1.15 bits per heavy atom. The summed E-state index contributed by atoms with van der Waals surface area (Å²) in [6.45, 7) is 0.192. The Labute approximate surface area is 112 Å². The molecule has 8 nitrogen and oxygen atoms in total. The summed E-state index contributed by atoms with van der Waals surface area (Å²) in [4.78, 5) is 23.8. The first-order chi connectivity index (χ1) is 9.47. The van der Waals surface area contributed by atoms with E-state index in [1.165, 1.54) is 6.20 Å². The molecule has 5 N–H and O–H groups in total. The molecule has 1 aliphatic rings. The lowest BCUT2D eigenvalue weighted by atomic mass is 10.1. The lowest BCUT2D eigenvalue weighted by Gasteiger charge is -2.01. The van der Waals surface area contributed by atoms with Gasteiger partial charge in [0.15, 0.2) is 11.5 Å². The fourth-order valence-corrected chi connectivity index (χ4v) is 1.64. The van der Waals surface area contributed by atoms with E-state index in [0.717, 1.165) is 5.39 Å². The number of primary amides is 2. The summed E-state index contributed by atoms with van der Waals surface area (Å²) in [5.74, 6) is 0.270. The molecule has 2 heterocycles. The first kappa shape index (κ1) is 13.4. The lowest BCUT2D eigenvalue weighted by molar-refractivity contribution is 0.0696. The van der Waals surface area contributed by atoms with Crippen molar-refractivity contribution in [3.05, 3.63) is 30.0 Å². The Morgan fingerprint density at radius 2 is 1.75 bits per heavy atom. The van der Waals surface area contributed by atoms with Gasteiger partial charge in [-0.1, -0.05) is 0 Å². The maximum Gasteiger partial charge on any atom is 0.337 e. The summed E-state index contributed by atoms with van der Waals surface area (Å²) in [5, 5.41) is 9.57. The Bertz CT molecular complexity index is 682. The zero-order chi connectivity index (χ0) is 14.7. The molecule has 0 bridgehead atoms. The summed E-state index contributed by atoms with van der Waals surface area (Å²) in [7, 11) is 0. The Hall–Kier alpha value is -3.03. The van der Waals surface area contributed by atoms with Crippen molar-refractivity contribution < 1.29 is 24.2 Å². The molecule has 0 unspecified atom stereocenters. The van der Waals surface area contributed by atoms with Crippen LogP contribution in [0.2, 0.25) is 0 Å². The number of carbonyl (C=O) groups is 2. The second-order valence-corrected chi connectivity index (χ2v) is 3.83. The number of nitrogens with two attached hydrogens (primary N) is 2. The minimum atomic E-state index is -0.993. The average molecular weight is 277 g/mol. The number of urea groups is 1. The number of benzene rings is 1. The van der Waals surface area contributed by atoms with Gasteiger partial charge >= 0.3 is 12.0 Å². The molecular weight excluding hydrogens is 266 g/mol. The lowest BCUT2D eigenvalue weighted by Crippen LogP contribution is -2.18. The highest BCUT2D eigenvalue weighted by atomic mass is 16.7. The number of carboxylic acid groups (broad SMARTS) is 1. The quantitative estimate of drug-likeness (QED) is 0.700. The van der Waals surface area contributed by atoms with Crippen LogP contribution in [0.15, 0.2) is 24.4 Å². The minimum Gasteiger partial charge on any atom is -0.478 e. The highest BCUT2D eigenvalue weighted by Gasteiger charge is 2.15. The highest BCUT2D eigenvalue weighted by molar-refractivity contribution is 5.93. The third kappa shape index (κ3) is 2.86. The number of pyridine rings is 1. The smallest absolute Gasteiger partial charge is 0.337 e. The van der Waals surface area contributed by atoms with Crippen LogP contribution in [0.4, 0.5) is 4.79 Å². The van der Waals surface area contributed by atoms with Gasteiger partial charge in [0.2, 0.25) is 6.79 Å². The zero-order valence-corrected chi connectivity index (χ0v) is 10.2. The molecule has 0 saturated heterocycles. The standard InChI is InChI=1S/C11H7NO4.CH4N2O/c13-11(14)7-1-6-2-9-10(16-5-15-9)3-8(6)12-4-7;2-1(3)4/h1-4H,5H2,(H,13,14);(H4,2,3,4). The Morgan fingerprint density at radius 3 is 2.35 bits per heavy atom. The molecule has 1 aromatic carbocycles. The van der Waals surface area contributed by atoms with Crippen molar-refractivity contribution in [1.82, 2.24) is 4.98 Å². The van der Waals surface area contributed by atoms with Gasteiger partial charge in [0.1, 0.15) is 0 Å². The van der Waals surface area contributed by atoms with Gasteiger partial charge < -0.3 is 26.0 Å². The van der Waals surface area contributed by atoms with Crippen LogP contribution in [0, 0.1) is 0 Å². The number of aromatic carboxylic acids is 1. The topological polar surface area (TPSA) is 138 Å². The van der Waals surface area contributed by atoms with E-state index < -0.39 is 12.0 Å². The number of amides is 2. The average Bonchev–Trinajstić information content (AvgIpc) is 2.81. The fourth-order valence-electron chi connectivity index (χ4n) is 1.64. The number of nitrogens with zero attached hydrogens (tertiary/aromatic N) is 1. The van der Waals surface area contributed by atoms with Crippen LogP contribution in [0.25, 0.3) is 10.9 Å². The number of carboxylic acids is 1. The van der Waals surface area contributed by atoms with E-state index in [1.807, 2.05) is 0 Å². The number of aromatic nitrogens is 1. The van der Waals surface area contributed by atoms with Gasteiger partial charge in [0.25, 0.3) is 0 Å². The van der Waals surface area contributed by atoms with Crippen molar-refractivity contribution in [2.45, 2.75) is 0 Å². The maximum absolute atomic E-state index is 10.8. The van der Waals surface area contributed by atoms with E-state index in [4.69, 9.17) is 19.4 Å². The summed E-state index contributed by atoms with van der Waals surface area (Å²) in [6.07, 6.45) is 1.33. The van der Waals surface area contributed by atoms with Crippen LogP contribution in [0.5, 0.6) is 11.5 Å². The molecule has 2 amide bonds. The second-order valence-electron chi connectivity index (χ2n) is 3.83. The van der Waals surface area contributed by atoms with E-state index in [1.54, 1.807) is 18.2 Å². The van der Waals surface area contributed by atoms with Crippen LogP contribution in [-0.4, -0.2) is 28.9 Å². The summed E-state index contributed by atoms with van der Waals surface area (Å²) in [6, 6.07) is 4.20. The van der Waals surface area contributed by atoms with Crippen LogP contribution >= 0.6 is 0 Å². The molecule has 0 aliphatic carbocycles. The molecule has 104 valence electrons. The fraction of sp³-hybridized carbons (Fsp3) is 0.0833. The number of carbonyl (C=O) groups excluding carboxylic acids is 1. The summed E-state index contributed by atoms with van der Waals surface area (Å²) >= 11 is 0. The predicted octanol–water partition coefficient (Wildman–Crippen LogP) is 0.685. The number of ether oxygens (including phenoxy) is 2. The van der Waals surface area contributed by atoms with Crippen molar-refractivity contribution in [2.75, 3.05) is 6.79 Å². The van der Waals surface area contributed by atoms with Gasteiger partial charge in [0, 0.05) is 17.6 Å². The highest BCUT2D eigenvalue weighted by Crippen LogP contribution is 2.35. The summed E-state index contributed by atoms with van der Waals surface area (Å²) in [5.41, 5.74) is 9.35. The van der Waals surface area contributed by atoms with Crippen molar-refractivity contribution in [1.29, 1.82) is 0 Å². The molecule has 1 aliphatic heterocycles. The van der Waals surface area contributed by atoms with Gasteiger partial charge in [-0.25, -0.2) is 9.59 Å². The van der Waals surface area contributed by atoms with Gasteiger partial charge in [0.05, 0.1) is 11.1 Å². The molecule has 0 fully saturated rings. The monoisotopic (exact) mass is 277 g/mol. The van der Waals surface area contributed by atoms with E-state index in [9.17, 15) is 4.79 Å². The third-order valence-electron chi connectivity index (χ3n) is 2.42. The Kier molecular flexibility index (Phi) is 3.56. The Balaban J connectivity index is 0.000000328. The SMILES string of the molecule is NC(N)=O.O=C(O)c1cnc2cc3c(cc2c1)OCO3. The third-order valence-corrected chi connectivity index (χ3v) is 2.42. The number of fused-ring (bicyclic) bond motifs is 2. The second kappa shape index (κ2) is 5.31. The first-order valence-corrected chi connectivity index (χ1v) is 5.45. The molecule has 1 aromatic heterocycles.